The van der Waals surface area contributed by atoms with Crippen molar-refractivity contribution in [1.82, 2.24) is 0 Å². The monoisotopic (exact) mass is 172 g/mol. The normalized spacial score (nSPS) is 12.8. The lowest BCUT2D eigenvalue weighted by Gasteiger charge is -2.18. The van der Waals surface area contributed by atoms with Gasteiger partial charge in [-0.2, -0.15) is 0 Å². The molecule has 0 heterocycles. The molecule has 0 spiro atoms. The van der Waals surface area contributed by atoms with E-state index in [-0.39, 0.29) is 18.4 Å². The van der Waals surface area contributed by atoms with Gasteiger partial charge >= 0.3 is 5.97 Å². The van der Waals surface area contributed by atoms with Gasteiger partial charge in [-0.25, -0.2) is 4.79 Å². The van der Waals surface area contributed by atoms with Crippen LogP contribution in [0.25, 0.3) is 0 Å². The molecule has 0 fully saturated rings. The van der Waals surface area contributed by atoms with Crippen molar-refractivity contribution in [3.05, 3.63) is 12.2 Å². The zero-order valence-electron chi connectivity index (χ0n) is 7.83. The van der Waals surface area contributed by atoms with Crippen LogP contribution in [0.1, 0.15) is 13.8 Å². The average molecular weight is 172 g/mol. The Bertz CT molecular complexity index is 173. The maximum absolute atomic E-state index is 11.0. The van der Waals surface area contributed by atoms with Crippen LogP contribution in [0.5, 0.6) is 0 Å². The molecule has 0 aromatic carbocycles. The molecule has 0 rings (SSSR count). The van der Waals surface area contributed by atoms with Gasteiger partial charge in [-0.15, -0.1) is 0 Å². The van der Waals surface area contributed by atoms with Gasteiger partial charge in [0, 0.05) is 11.5 Å². The van der Waals surface area contributed by atoms with Gasteiger partial charge in [0.05, 0.1) is 13.7 Å². The number of rotatable bonds is 4. The molecular formula is C9H16O3. The standard InChI is InChI=1S/C9H16O3/c1-6(2)8(5-10)7(3)9(11)12-4/h6,8,10H,3,5H2,1-2,4H3. The Morgan fingerprint density at radius 3 is 2.33 bits per heavy atom. The van der Waals surface area contributed by atoms with Gasteiger partial charge in [-0.3, -0.25) is 0 Å². The van der Waals surface area contributed by atoms with Gasteiger partial charge in [0.15, 0.2) is 0 Å². The zero-order valence-corrected chi connectivity index (χ0v) is 7.83. The summed E-state index contributed by atoms with van der Waals surface area (Å²) >= 11 is 0. The van der Waals surface area contributed by atoms with Crippen molar-refractivity contribution in [3.8, 4) is 0 Å². The van der Waals surface area contributed by atoms with Gasteiger partial charge < -0.3 is 9.84 Å². The Morgan fingerprint density at radius 1 is 1.58 bits per heavy atom. The highest BCUT2D eigenvalue weighted by molar-refractivity contribution is 5.88. The molecule has 0 aromatic rings. The van der Waals surface area contributed by atoms with Gasteiger partial charge in [-0.05, 0) is 5.92 Å². The number of carbonyl (C=O) groups excluding carboxylic acids is 1. The maximum atomic E-state index is 11.0. The van der Waals surface area contributed by atoms with Crippen LogP contribution in [0.3, 0.4) is 0 Å². The summed E-state index contributed by atoms with van der Waals surface area (Å²) in [7, 11) is 1.31. The van der Waals surface area contributed by atoms with Crippen molar-refractivity contribution in [1.29, 1.82) is 0 Å². The third-order valence-corrected chi connectivity index (χ3v) is 1.90. The topological polar surface area (TPSA) is 46.5 Å². The first-order valence-corrected chi connectivity index (χ1v) is 3.92. The van der Waals surface area contributed by atoms with Gasteiger partial charge in [0.2, 0.25) is 0 Å². The van der Waals surface area contributed by atoms with Crippen molar-refractivity contribution < 1.29 is 14.6 Å². The summed E-state index contributed by atoms with van der Waals surface area (Å²) in [6.07, 6.45) is 0. The molecule has 0 aliphatic carbocycles. The molecule has 0 saturated heterocycles. The van der Waals surface area contributed by atoms with Crippen LogP contribution in [0.15, 0.2) is 12.2 Å². The molecule has 1 unspecified atom stereocenters. The minimum Gasteiger partial charge on any atom is -0.466 e. The van der Waals surface area contributed by atoms with E-state index >= 15 is 0 Å². The van der Waals surface area contributed by atoms with Crippen LogP contribution in [-0.2, 0) is 9.53 Å². The molecule has 0 amide bonds. The summed E-state index contributed by atoms with van der Waals surface area (Å²) in [6.45, 7) is 7.37. The third kappa shape index (κ3) is 2.66. The largest absolute Gasteiger partial charge is 0.466 e. The van der Waals surface area contributed by atoms with E-state index in [0.717, 1.165) is 0 Å². The molecule has 3 nitrogen and oxygen atoms in total. The number of carbonyl (C=O) groups is 1. The van der Waals surface area contributed by atoms with Crippen LogP contribution in [0.2, 0.25) is 0 Å². The number of hydrogen-bond donors (Lipinski definition) is 1. The molecule has 0 saturated carbocycles. The molecule has 0 aliphatic heterocycles. The molecule has 1 atom stereocenters. The van der Waals surface area contributed by atoms with E-state index in [0.29, 0.717) is 5.57 Å². The van der Waals surface area contributed by atoms with E-state index in [1.165, 1.54) is 7.11 Å². The minimum absolute atomic E-state index is 0.0639. The highest BCUT2D eigenvalue weighted by Gasteiger charge is 2.21. The minimum atomic E-state index is -0.442. The van der Waals surface area contributed by atoms with E-state index in [1.807, 2.05) is 13.8 Å². The fraction of sp³-hybridized carbons (Fsp3) is 0.667. The first kappa shape index (κ1) is 11.2. The SMILES string of the molecule is C=C(C(=O)OC)C(CO)C(C)C. The summed E-state index contributed by atoms with van der Waals surface area (Å²) < 4.78 is 4.50. The smallest absolute Gasteiger partial charge is 0.333 e. The van der Waals surface area contributed by atoms with Crippen molar-refractivity contribution in [2.45, 2.75) is 13.8 Å². The lowest BCUT2D eigenvalue weighted by atomic mass is 9.90. The first-order chi connectivity index (χ1) is 5.54. The predicted octanol–water partition coefficient (Wildman–Crippen LogP) is 0.980. The second kappa shape index (κ2) is 4.93. The van der Waals surface area contributed by atoms with Crippen LogP contribution in [-0.4, -0.2) is 24.8 Å². The summed E-state index contributed by atoms with van der Waals surface area (Å²) in [5.41, 5.74) is 0.343. The highest BCUT2D eigenvalue weighted by atomic mass is 16.5. The lowest BCUT2D eigenvalue weighted by molar-refractivity contribution is -0.137. The van der Waals surface area contributed by atoms with E-state index in [1.54, 1.807) is 0 Å². The molecule has 3 heteroatoms. The lowest BCUT2D eigenvalue weighted by Crippen LogP contribution is -2.21. The van der Waals surface area contributed by atoms with E-state index in [9.17, 15) is 4.79 Å². The quantitative estimate of drug-likeness (QED) is 0.508. The molecule has 0 aromatic heterocycles. The Morgan fingerprint density at radius 2 is 2.08 bits per heavy atom. The van der Waals surface area contributed by atoms with Crippen molar-refractivity contribution in [3.63, 3.8) is 0 Å². The van der Waals surface area contributed by atoms with E-state index in [2.05, 4.69) is 11.3 Å². The van der Waals surface area contributed by atoms with Crippen LogP contribution < -0.4 is 0 Å². The first-order valence-electron chi connectivity index (χ1n) is 3.92. The van der Waals surface area contributed by atoms with E-state index < -0.39 is 5.97 Å². The molecule has 12 heavy (non-hydrogen) atoms. The fourth-order valence-corrected chi connectivity index (χ4v) is 1.01. The van der Waals surface area contributed by atoms with Gasteiger partial charge in [0.25, 0.3) is 0 Å². The molecule has 1 N–H and O–H groups in total. The van der Waals surface area contributed by atoms with Crippen molar-refractivity contribution >= 4 is 5.97 Å². The Hall–Kier alpha value is -0.830. The zero-order chi connectivity index (χ0) is 9.72. The molecule has 0 aliphatic rings. The number of aliphatic hydroxyl groups is 1. The summed E-state index contributed by atoms with van der Waals surface area (Å²) in [5, 5.41) is 8.94. The summed E-state index contributed by atoms with van der Waals surface area (Å²) in [6, 6.07) is 0. The molecule has 0 bridgehead atoms. The Kier molecular flexibility index (Phi) is 4.59. The highest BCUT2D eigenvalue weighted by Crippen LogP contribution is 2.19. The number of ether oxygens (including phenoxy) is 1. The fourth-order valence-electron chi connectivity index (χ4n) is 1.01. The number of methoxy groups -OCH3 is 1. The van der Waals surface area contributed by atoms with Crippen molar-refractivity contribution in [2.75, 3.05) is 13.7 Å². The third-order valence-electron chi connectivity index (χ3n) is 1.90. The van der Waals surface area contributed by atoms with Gasteiger partial charge in [0.1, 0.15) is 0 Å². The average Bonchev–Trinajstić information content (AvgIpc) is 2.03. The molecule has 0 radical (unpaired) electrons. The van der Waals surface area contributed by atoms with Crippen molar-refractivity contribution in [2.24, 2.45) is 11.8 Å². The number of hydrogen-bond acceptors (Lipinski definition) is 3. The second-order valence-corrected chi connectivity index (χ2v) is 3.05. The van der Waals surface area contributed by atoms with Gasteiger partial charge in [-0.1, -0.05) is 20.4 Å². The second-order valence-electron chi connectivity index (χ2n) is 3.05. The summed E-state index contributed by atoms with van der Waals surface area (Å²) in [5.74, 6) is -0.443. The van der Waals surface area contributed by atoms with Crippen LogP contribution in [0.4, 0.5) is 0 Å². The van der Waals surface area contributed by atoms with Crippen LogP contribution >= 0.6 is 0 Å². The number of esters is 1. The Balaban J connectivity index is 4.32. The Labute approximate surface area is 73.0 Å². The maximum Gasteiger partial charge on any atom is 0.333 e. The number of aliphatic hydroxyl groups excluding tert-OH is 1. The molecule has 70 valence electrons. The molecular weight excluding hydrogens is 156 g/mol. The predicted molar refractivity (Wildman–Crippen MR) is 46.6 cm³/mol. The summed E-state index contributed by atoms with van der Waals surface area (Å²) in [4.78, 5) is 11.0. The van der Waals surface area contributed by atoms with Crippen LogP contribution in [0, 0.1) is 11.8 Å². The van der Waals surface area contributed by atoms with E-state index in [4.69, 9.17) is 5.11 Å².